The number of aryl methyl sites for hydroxylation is 1. The van der Waals surface area contributed by atoms with E-state index in [1.165, 1.54) is 12.8 Å². The third-order valence-electron chi connectivity index (χ3n) is 4.35. The molecule has 126 valence electrons. The van der Waals surface area contributed by atoms with Gasteiger partial charge in [-0.1, -0.05) is 55.5 Å². The van der Waals surface area contributed by atoms with Crippen LogP contribution in [0.2, 0.25) is 0 Å². The van der Waals surface area contributed by atoms with E-state index in [4.69, 9.17) is 4.74 Å². The molecule has 1 aromatic rings. The Bertz CT molecular complexity index is 516. The highest BCUT2D eigenvalue weighted by Gasteiger charge is 2.21. The van der Waals surface area contributed by atoms with Gasteiger partial charge in [0.15, 0.2) is 6.10 Å². The number of carbonyl (C=O) groups excluding carboxylic acids is 2. The number of nitrogens with one attached hydrogen (secondary N) is 1. The van der Waals surface area contributed by atoms with E-state index in [2.05, 4.69) is 5.32 Å². The maximum absolute atomic E-state index is 12.2. The molecule has 1 atom stereocenters. The first-order valence-corrected chi connectivity index (χ1v) is 8.60. The zero-order valence-corrected chi connectivity index (χ0v) is 14.1. The molecule has 1 saturated carbocycles. The minimum Gasteiger partial charge on any atom is -0.452 e. The summed E-state index contributed by atoms with van der Waals surface area (Å²) in [5.74, 6) is -0.550. The standard InChI is InChI=1S/C19H27NO3/c1-14-9-11-16(12-10-14)13-18(21)23-15(2)19(22)20-17-7-5-3-4-6-8-17/h9-12,15,17H,3-8,13H2,1-2H3,(H,20,22)/t15-/m1/s1. The molecule has 4 nitrogen and oxygen atoms in total. The Morgan fingerprint density at radius 3 is 2.35 bits per heavy atom. The van der Waals surface area contributed by atoms with Crippen LogP contribution in [0.15, 0.2) is 24.3 Å². The van der Waals surface area contributed by atoms with Crippen LogP contribution in [0.3, 0.4) is 0 Å². The maximum Gasteiger partial charge on any atom is 0.311 e. The molecule has 0 bridgehead atoms. The quantitative estimate of drug-likeness (QED) is 0.669. The summed E-state index contributed by atoms with van der Waals surface area (Å²) in [6.07, 6.45) is 6.31. The van der Waals surface area contributed by atoms with Gasteiger partial charge < -0.3 is 10.1 Å². The lowest BCUT2D eigenvalue weighted by Crippen LogP contribution is -2.42. The number of hydrogen-bond acceptors (Lipinski definition) is 3. The molecule has 4 heteroatoms. The van der Waals surface area contributed by atoms with Crippen molar-refractivity contribution in [2.45, 2.75) is 70.9 Å². The van der Waals surface area contributed by atoms with Crippen molar-refractivity contribution >= 4 is 11.9 Å². The fourth-order valence-corrected chi connectivity index (χ4v) is 2.91. The number of esters is 1. The van der Waals surface area contributed by atoms with Crippen LogP contribution in [0.5, 0.6) is 0 Å². The zero-order valence-electron chi connectivity index (χ0n) is 14.1. The molecule has 0 aromatic heterocycles. The lowest BCUT2D eigenvalue weighted by molar-refractivity contribution is -0.154. The summed E-state index contributed by atoms with van der Waals surface area (Å²) in [5.41, 5.74) is 2.05. The molecule has 0 spiro atoms. The number of rotatable bonds is 5. The van der Waals surface area contributed by atoms with Crippen molar-refractivity contribution in [3.8, 4) is 0 Å². The van der Waals surface area contributed by atoms with Crippen LogP contribution in [0.25, 0.3) is 0 Å². The van der Waals surface area contributed by atoms with E-state index < -0.39 is 6.10 Å². The summed E-state index contributed by atoms with van der Waals surface area (Å²) in [6.45, 7) is 3.64. The molecule has 1 amide bonds. The second-order valence-corrected chi connectivity index (χ2v) is 6.49. The van der Waals surface area contributed by atoms with Gasteiger partial charge in [0.25, 0.3) is 5.91 Å². The summed E-state index contributed by atoms with van der Waals surface area (Å²) < 4.78 is 5.27. The van der Waals surface area contributed by atoms with Gasteiger partial charge in [0.05, 0.1) is 6.42 Å². The minimum absolute atomic E-state index is 0.186. The number of amides is 1. The summed E-state index contributed by atoms with van der Waals surface area (Å²) >= 11 is 0. The molecule has 0 radical (unpaired) electrons. The van der Waals surface area contributed by atoms with E-state index in [0.717, 1.165) is 36.8 Å². The molecule has 0 heterocycles. The molecule has 0 unspecified atom stereocenters. The smallest absolute Gasteiger partial charge is 0.311 e. The predicted octanol–water partition coefficient (Wildman–Crippen LogP) is 3.31. The van der Waals surface area contributed by atoms with Crippen LogP contribution >= 0.6 is 0 Å². The summed E-state index contributed by atoms with van der Waals surface area (Å²) in [7, 11) is 0. The SMILES string of the molecule is Cc1ccc(CC(=O)O[C@H](C)C(=O)NC2CCCCCC2)cc1. The van der Waals surface area contributed by atoms with Gasteiger partial charge in [0, 0.05) is 6.04 Å². The molecule has 23 heavy (non-hydrogen) atoms. The average molecular weight is 317 g/mol. The van der Waals surface area contributed by atoms with Gasteiger partial charge in [-0.25, -0.2) is 0 Å². The van der Waals surface area contributed by atoms with Gasteiger partial charge in [-0.3, -0.25) is 9.59 Å². The van der Waals surface area contributed by atoms with Crippen molar-refractivity contribution in [1.82, 2.24) is 5.32 Å². The topological polar surface area (TPSA) is 55.4 Å². The highest BCUT2D eigenvalue weighted by molar-refractivity contribution is 5.84. The summed E-state index contributed by atoms with van der Waals surface area (Å²) in [4.78, 5) is 24.1. The minimum atomic E-state index is -0.740. The first kappa shape index (κ1) is 17.5. The van der Waals surface area contributed by atoms with Crippen LogP contribution in [-0.4, -0.2) is 24.0 Å². The summed E-state index contributed by atoms with van der Waals surface area (Å²) in [5, 5.41) is 3.02. The molecule has 1 aromatic carbocycles. The van der Waals surface area contributed by atoms with E-state index in [-0.39, 0.29) is 24.3 Å². The molecule has 2 rings (SSSR count). The van der Waals surface area contributed by atoms with Crippen LogP contribution in [0, 0.1) is 6.92 Å². The normalized spacial score (nSPS) is 17.1. The molecule has 1 fully saturated rings. The Kier molecular flexibility index (Phi) is 6.63. The van der Waals surface area contributed by atoms with E-state index >= 15 is 0 Å². The average Bonchev–Trinajstić information content (AvgIpc) is 2.78. The molecular weight excluding hydrogens is 290 g/mol. The van der Waals surface area contributed by atoms with E-state index in [1.54, 1.807) is 6.92 Å². The van der Waals surface area contributed by atoms with Crippen molar-refractivity contribution in [3.05, 3.63) is 35.4 Å². The monoisotopic (exact) mass is 317 g/mol. The van der Waals surface area contributed by atoms with Gasteiger partial charge in [-0.2, -0.15) is 0 Å². The van der Waals surface area contributed by atoms with Crippen molar-refractivity contribution < 1.29 is 14.3 Å². The van der Waals surface area contributed by atoms with Crippen molar-refractivity contribution in [1.29, 1.82) is 0 Å². The Labute approximate surface area is 138 Å². The second kappa shape index (κ2) is 8.70. The fraction of sp³-hybridized carbons (Fsp3) is 0.579. The Hall–Kier alpha value is -1.84. The maximum atomic E-state index is 12.2. The van der Waals surface area contributed by atoms with E-state index in [9.17, 15) is 9.59 Å². The predicted molar refractivity (Wildman–Crippen MR) is 90.1 cm³/mol. The third kappa shape index (κ3) is 6.05. The third-order valence-corrected chi connectivity index (χ3v) is 4.35. The molecule has 1 aliphatic rings. The first-order valence-electron chi connectivity index (χ1n) is 8.60. The van der Waals surface area contributed by atoms with Crippen molar-refractivity contribution in [2.24, 2.45) is 0 Å². The Morgan fingerprint density at radius 1 is 1.13 bits per heavy atom. The van der Waals surface area contributed by atoms with Gasteiger partial charge in [0.1, 0.15) is 0 Å². The van der Waals surface area contributed by atoms with E-state index in [0.29, 0.717) is 0 Å². The summed E-state index contributed by atoms with van der Waals surface area (Å²) in [6, 6.07) is 7.97. The molecule has 1 N–H and O–H groups in total. The van der Waals surface area contributed by atoms with Gasteiger partial charge in [-0.15, -0.1) is 0 Å². The number of ether oxygens (including phenoxy) is 1. The molecule has 0 saturated heterocycles. The molecule has 0 aliphatic heterocycles. The lowest BCUT2D eigenvalue weighted by atomic mass is 10.1. The van der Waals surface area contributed by atoms with Crippen LogP contribution < -0.4 is 5.32 Å². The van der Waals surface area contributed by atoms with Crippen LogP contribution in [0.1, 0.15) is 56.6 Å². The first-order chi connectivity index (χ1) is 11.0. The van der Waals surface area contributed by atoms with Crippen molar-refractivity contribution in [2.75, 3.05) is 0 Å². The van der Waals surface area contributed by atoms with Gasteiger partial charge >= 0.3 is 5.97 Å². The fourth-order valence-electron chi connectivity index (χ4n) is 2.91. The zero-order chi connectivity index (χ0) is 16.7. The number of hydrogen-bond donors (Lipinski definition) is 1. The number of benzene rings is 1. The van der Waals surface area contributed by atoms with E-state index in [1.807, 2.05) is 31.2 Å². The second-order valence-electron chi connectivity index (χ2n) is 6.49. The lowest BCUT2D eigenvalue weighted by Gasteiger charge is -2.19. The molecule has 1 aliphatic carbocycles. The Morgan fingerprint density at radius 2 is 1.74 bits per heavy atom. The highest BCUT2D eigenvalue weighted by Crippen LogP contribution is 2.17. The van der Waals surface area contributed by atoms with Crippen molar-refractivity contribution in [3.63, 3.8) is 0 Å². The van der Waals surface area contributed by atoms with Gasteiger partial charge in [0.2, 0.25) is 0 Å². The van der Waals surface area contributed by atoms with Gasteiger partial charge in [-0.05, 0) is 32.3 Å². The Balaban J connectivity index is 1.77. The highest BCUT2D eigenvalue weighted by atomic mass is 16.5. The number of carbonyl (C=O) groups is 2. The molecular formula is C19H27NO3. The largest absolute Gasteiger partial charge is 0.452 e. The van der Waals surface area contributed by atoms with Crippen LogP contribution in [0.4, 0.5) is 0 Å². The van der Waals surface area contributed by atoms with Crippen LogP contribution in [-0.2, 0) is 20.7 Å².